The standard InChI is InChI=1S/C26H30N2O7S2.Na/c1-5-27(6-2)18-9-12-21-23(15-18)34-24-16-19(28(7-3)8-4)10-13-22(24)26(21)25-14-11-20(37(31,32)33)17-36(25,30)35-29;/h9-17H,5-8H2,1-4H3,(H-,29,31,32,33);/q;+1/p-1. The number of anilines is 1. The Kier molecular flexibility index (Phi) is 9.70. The van der Waals surface area contributed by atoms with E-state index >= 15 is 0 Å². The predicted octanol–water partition coefficient (Wildman–Crippen LogP) is -0.832. The third-order valence-electron chi connectivity index (χ3n) is 6.56. The van der Waals surface area contributed by atoms with Gasteiger partial charge in [-0.1, -0.05) is 0 Å². The molecule has 0 aromatic heterocycles. The summed E-state index contributed by atoms with van der Waals surface area (Å²) in [5, 5.41) is 13.9. The first-order valence-electron chi connectivity index (χ1n) is 12.0. The molecule has 0 amide bonds. The van der Waals surface area contributed by atoms with Crippen molar-refractivity contribution < 1.29 is 60.7 Å². The van der Waals surface area contributed by atoms with Gasteiger partial charge in [-0.05, 0) is 58.0 Å². The molecule has 0 saturated heterocycles. The second-order valence-electron chi connectivity index (χ2n) is 8.47. The van der Waals surface area contributed by atoms with Gasteiger partial charge in [-0.15, -0.1) is 0 Å². The van der Waals surface area contributed by atoms with E-state index < -0.39 is 24.8 Å². The van der Waals surface area contributed by atoms with Crippen LogP contribution in [0.15, 0.2) is 63.3 Å². The van der Waals surface area contributed by atoms with Crippen molar-refractivity contribution in [2.45, 2.75) is 27.7 Å². The van der Waals surface area contributed by atoms with Crippen LogP contribution in [-0.4, -0.2) is 48.2 Å². The number of fused-ring (bicyclic) bond motifs is 2. The van der Waals surface area contributed by atoms with Crippen molar-refractivity contribution in [1.82, 2.24) is 4.58 Å². The fourth-order valence-electron chi connectivity index (χ4n) is 4.64. The average Bonchev–Trinajstić information content (AvgIpc) is 2.88. The Labute approximate surface area is 245 Å². The molecule has 12 heteroatoms. The van der Waals surface area contributed by atoms with Crippen LogP contribution in [0.25, 0.3) is 22.3 Å². The number of hydrogen-bond acceptors (Lipinski definition) is 8. The second kappa shape index (κ2) is 12.1. The van der Waals surface area contributed by atoms with Crippen LogP contribution in [0, 0.1) is 0 Å². The van der Waals surface area contributed by atoms with Crippen molar-refractivity contribution >= 4 is 41.4 Å². The SMILES string of the molecule is CCN(CC)c1ccc2c(C3=S(=O)(O[O-])C=C(S(=O)(=O)[O-])C=C3)c3ccc(=[N+](CC)CC)cc-3oc2c1.[Na+]. The molecule has 4 rings (SSSR count). The van der Waals surface area contributed by atoms with Crippen molar-refractivity contribution in [1.29, 1.82) is 0 Å². The van der Waals surface area contributed by atoms with Crippen molar-refractivity contribution in [3.05, 3.63) is 69.8 Å². The first-order chi connectivity index (χ1) is 17.6. The summed E-state index contributed by atoms with van der Waals surface area (Å²) < 4.78 is 61.0. The van der Waals surface area contributed by atoms with Crippen molar-refractivity contribution in [3.8, 4) is 11.3 Å². The molecular formula is C26H29N2NaO7S2. The molecule has 2 heterocycles. The van der Waals surface area contributed by atoms with Gasteiger partial charge in [0.15, 0.2) is 0 Å². The number of nitrogens with zero attached hydrogens (tertiary/aromatic N) is 2. The van der Waals surface area contributed by atoms with Gasteiger partial charge in [-0.25, -0.2) is 17.2 Å². The van der Waals surface area contributed by atoms with Crippen LogP contribution in [0.4, 0.5) is 5.69 Å². The van der Waals surface area contributed by atoms with E-state index in [1.165, 1.54) is 6.08 Å². The van der Waals surface area contributed by atoms with E-state index in [4.69, 9.17) is 4.42 Å². The quantitative estimate of drug-likeness (QED) is 0.0656. The largest absolute Gasteiger partial charge is 1.00 e. The second-order valence-corrected chi connectivity index (χ2v) is 11.7. The van der Waals surface area contributed by atoms with E-state index in [0.29, 0.717) is 33.3 Å². The number of benzene rings is 2. The van der Waals surface area contributed by atoms with Crippen LogP contribution in [0.1, 0.15) is 33.3 Å². The molecule has 1 aromatic carbocycles. The number of allylic oxidation sites excluding steroid dienone is 2. The molecule has 3 aliphatic rings. The molecule has 0 fully saturated rings. The van der Waals surface area contributed by atoms with Crippen molar-refractivity contribution in [2.75, 3.05) is 31.1 Å². The van der Waals surface area contributed by atoms with Gasteiger partial charge in [0, 0.05) is 52.8 Å². The maximum absolute atomic E-state index is 13.6. The predicted molar refractivity (Wildman–Crippen MR) is 143 cm³/mol. The minimum Gasteiger partial charge on any atom is -0.744 e. The normalized spacial score (nSPS) is 17.4. The van der Waals surface area contributed by atoms with Crippen molar-refractivity contribution in [3.63, 3.8) is 0 Å². The summed E-state index contributed by atoms with van der Waals surface area (Å²) in [7, 11) is -8.99. The molecule has 2 aliphatic heterocycles. The molecular weight excluding hydrogens is 539 g/mol. The van der Waals surface area contributed by atoms with E-state index in [1.54, 1.807) is 0 Å². The Morgan fingerprint density at radius 3 is 2.29 bits per heavy atom. The summed E-state index contributed by atoms with van der Waals surface area (Å²) >= 11 is 0. The van der Waals surface area contributed by atoms with Gasteiger partial charge < -0.3 is 23.5 Å². The summed E-state index contributed by atoms with van der Waals surface area (Å²) in [6.45, 7) is 11.3. The Morgan fingerprint density at radius 2 is 1.71 bits per heavy atom. The summed E-state index contributed by atoms with van der Waals surface area (Å²) in [4.78, 5) is 1.34. The molecule has 0 N–H and O–H groups in total. The molecule has 1 atom stereocenters. The van der Waals surface area contributed by atoms with E-state index in [2.05, 4.69) is 13.8 Å². The van der Waals surface area contributed by atoms with Gasteiger partial charge in [-0.2, -0.15) is 0 Å². The van der Waals surface area contributed by atoms with E-state index in [9.17, 15) is 22.4 Å². The molecule has 9 nitrogen and oxygen atoms in total. The van der Waals surface area contributed by atoms with Gasteiger partial charge >= 0.3 is 29.6 Å². The zero-order valence-electron chi connectivity index (χ0n) is 22.1. The molecule has 198 valence electrons. The van der Waals surface area contributed by atoms with E-state index in [0.717, 1.165) is 43.3 Å². The van der Waals surface area contributed by atoms with Crippen LogP contribution < -0.4 is 49.6 Å². The maximum atomic E-state index is 13.6. The molecule has 1 unspecified atom stereocenters. The Hall–Kier alpha value is -1.96. The third kappa shape index (κ3) is 5.66. The smallest absolute Gasteiger partial charge is 0.744 e. The van der Waals surface area contributed by atoms with Crippen LogP contribution in [0.2, 0.25) is 0 Å². The zero-order chi connectivity index (χ0) is 27.0. The molecule has 0 radical (unpaired) electrons. The Bertz CT molecular complexity index is 1690. The zero-order valence-corrected chi connectivity index (χ0v) is 25.7. The van der Waals surface area contributed by atoms with Gasteiger partial charge in [0.1, 0.15) is 44.4 Å². The van der Waals surface area contributed by atoms with Crippen molar-refractivity contribution in [2.24, 2.45) is 0 Å². The van der Waals surface area contributed by atoms with Crippen LogP contribution in [0.3, 0.4) is 0 Å². The topological polar surface area (TPSA) is 126 Å². The molecule has 1 aromatic rings. The Morgan fingerprint density at radius 1 is 1.03 bits per heavy atom. The third-order valence-corrected chi connectivity index (χ3v) is 9.26. The van der Waals surface area contributed by atoms with Crippen LogP contribution in [-0.2, 0) is 24.3 Å². The monoisotopic (exact) mass is 568 g/mol. The fourth-order valence-corrected chi connectivity index (χ4v) is 7.11. The fraction of sp³-hybridized carbons (Fsp3) is 0.308. The number of hydrogen-bond donors (Lipinski definition) is 0. The van der Waals surface area contributed by atoms with E-state index in [1.807, 2.05) is 64.1 Å². The minimum absolute atomic E-state index is 0. The molecule has 38 heavy (non-hydrogen) atoms. The molecule has 0 bridgehead atoms. The molecule has 0 spiro atoms. The number of rotatable bonds is 8. The maximum Gasteiger partial charge on any atom is 1.00 e. The van der Waals surface area contributed by atoms with Gasteiger partial charge in [-0.3, -0.25) is 0 Å². The molecule has 1 aliphatic carbocycles. The van der Waals surface area contributed by atoms with E-state index in [-0.39, 0.29) is 34.4 Å². The van der Waals surface area contributed by atoms with Crippen LogP contribution >= 0.6 is 0 Å². The summed E-state index contributed by atoms with van der Waals surface area (Å²) in [5.41, 5.74) is 2.38. The van der Waals surface area contributed by atoms with Gasteiger partial charge in [0.05, 0.1) is 15.8 Å². The Balaban J connectivity index is 0.00000400. The first kappa shape index (κ1) is 30.6. The van der Waals surface area contributed by atoms with Gasteiger partial charge in [0.25, 0.3) is 0 Å². The summed E-state index contributed by atoms with van der Waals surface area (Å²) in [6, 6.07) is 11.2. The first-order valence-corrected chi connectivity index (χ1v) is 15.0. The molecule has 0 saturated carbocycles. The minimum atomic E-state index is -4.96. The average molecular weight is 569 g/mol. The van der Waals surface area contributed by atoms with Gasteiger partial charge in [0.2, 0.25) is 5.36 Å². The summed E-state index contributed by atoms with van der Waals surface area (Å²) in [6.07, 6.45) is 2.24. The van der Waals surface area contributed by atoms with Crippen LogP contribution in [0.5, 0.6) is 0 Å². The summed E-state index contributed by atoms with van der Waals surface area (Å²) in [5.74, 6) is 0.489.